The molecular weight excluding hydrogens is 386 g/mol. The molecule has 0 saturated heterocycles. The molecule has 1 N–H and O–H groups in total. The molecule has 1 heterocycles. The molecule has 1 aliphatic rings. The number of aryl methyl sites for hydroxylation is 1. The number of fused-ring (bicyclic) bond motifs is 1. The molecule has 6 heteroatoms. The topological polar surface area (TPSA) is 64.6 Å². The Bertz CT molecular complexity index is 834. The number of halogens is 1. The van der Waals surface area contributed by atoms with Gasteiger partial charge in [0.15, 0.2) is 0 Å². The van der Waals surface area contributed by atoms with Crippen molar-refractivity contribution in [3.63, 3.8) is 0 Å². The van der Waals surface area contributed by atoms with Crippen molar-refractivity contribution in [2.75, 3.05) is 13.7 Å². The molecule has 25 heavy (non-hydrogen) atoms. The van der Waals surface area contributed by atoms with Gasteiger partial charge in [0.1, 0.15) is 11.9 Å². The van der Waals surface area contributed by atoms with Crippen LogP contribution in [-0.4, -0.2) is 31.6 Å². The quantitative estimate of drug-likeness (QED) is 0.795. The van der Waals surface area contributed by atoms with Crippen LogP contribution >= 0.6 is 15.9 Å². The van der Waals surface area contributed by atoms with Gasteiger partial charge in [-0.2, -0.15) is 0 Å². The molecule has 0 unspecified atom stereocenters. The van der Waals surface area contributed by atoms with Crippen LogP contribution in [0.5, 0.6) is 5.75 Å². The number of amides is 1. The fourth-order valence-electron chi connectivity index (χ4n) is 2.77. The Morgan fingerprint density at radius 1 is 1.24 bits per heavy atom. The lowest BCUT2D eigenvalue weighted by Gasteiger charge is -2.12. The van der Waals surface area contributed by atoms with Crippen molar-refractivity contribution in [3.05, 3.63) is 63.1 Å². The molecule has 0 saturated carbocycles. The second-order valence-electron chi connectivity index (χ2n) is 5.93. The monoisotopic (exact) mass is 403 g/mol. The molecule has 0 aliphatic carbocycles. The van der Waals surface area contributed by atoms with Gasteiger partial charge in [-0.05, 0) is 54.4 Å². The predicted octanol–water partition coefficient (Wildman–Crippen LogP) is 3.28. The number of esters is 1. The van der Waals surface area contributed by atoms with Gasteiger partial charge in [-0.3, -0.25) is 4.79 Å². The zero-order chi connectivity index (χ0) is 18.0. The molecular formula is C19H18BrNO4. The Hall–Kier alpha value is -2.34. The lowest BCUT2D eigenvalue weighted by Crippen LogP contribution is -2.34. The summed E-state index contributed by atoms with van der Waals surface area (Å²) in [4.78, 5) is 23.9. The molecule has 0 aromatic heterocycles. The number of carbonyl (C=O) groups is 2. The van der Waals surface area contributed by atoms with Crippen molar-refractivity contribution >= 4 is 27.8 Å². The van der Waals surface area contributed by atoms with Crippen LogP contribution in [0.25, 0.3) is 0 Å². The molecule has 2 aromatic rings. The number of ether oxygens (including phenoxy) is 2. The number of hydrogen-bond acceptors (Lipinski definition) is 4. The van der Waals surface area contributed by atoms with Crippen LogP contribution in [0.1, 0.15) is 31.8 Å². The zero-order valence-electron chi connectivity index (χ0n) is 14.0. The van der Waals surface area contributed by atoms with E-state index in [0.717, 1.165) is 21.3 Å². The average Bonchev–Trinajstić information content (AvgIpc) is 3.03. The molecule has 1 amide bonds. The summed E-state index contributed by atoms with van der Waals surface area (Å²) in [6.07, 6.45) is 0.489. The maximum absolute atomic E-state index is 12.3. The highest BCUT2D eigenvalue weighted by Gasteiger charge is 2.24. The summed E-state index contributed by atoms with van der Waals surface area (Å²) in [5, 5.41) is 2.90. The first-order chi connectivity index (χ1) is 12.0. The maximum Gasteiger partial charge on any atom is 0.337 e. The van der Waals surface area contributed by atoms with Gasteiger partial charge < -0.3 is 14.8 Å². The van der Waals surface area contributed by atoms with Gasteiger partial charge in [-0.1, -0.05) is 15.9 Å². The van der Waals surface area contributed by atoms with E-state index in [0.29, 0.717) is 24.1 Å². The SMILES string of the molecule is COC(=O)c1ccc2c(c1)C[C@@H](CNC(=O)c1ccc(Br)c(C)c1)O2. The van der Waals surface area contributed by atoms with Crippen molar-refractivity contribution in [1.82, 2.24) is 5.32 Å². The molecule has 1 aliphatic heterocycles. The molecule has 5 nitrogen and oxygen atoms in total. The van der Waals surface area contributed by atoms with Crippen molar-refractivity contribution in [2.24, 2.45) is 0 Å². The Labute approximate surface area is 154 Å². The Kier molecular flexibility index (Phi) is 5.08. The number of benzene rings is 2. The number of rotatable bonds is 4. The van der Waals surface area contributed by atoms with Gasteiger partial charge >= 0.3 is 5.97 Å². The van der Waals surface area contributed by atoms with Gasteiger partial charge in [-0.15, -0.1) is 0 Å². The summed E-state index contributed by atoms with van der Waals surface area (Å²) in [6.45, 7) is 2.34. The summed E-state index contributed by atoms with van der Waals surface area (Å²) >= 11 is 3.42. The Balaban J connectivity index is 1.60. The van der Waals surface area contributed by atoms with Crippen molar-refractivity contribution in [2.45, 2.75) is 19.4 Å². The van der Waals surface area contributed by atoms with Crippen LogP contribution in [0.4, 0.5) is 0 Å². The van der Waals surface area contributed by atoms with E-state index in [1.54, 1.807) is 24.3 Å². The second kappa shape index (κ2) is 7.27. The standard InChI is InChI=1S/C19H18BrNO4/c1-11-7-12(3-5-16(11)20)18(22)21-10-15-9-14-8-13(19(23)24-2)4-6-17(14)25-15/h3-8,15H,9-10H2,1-2H3,(H,21,22)/t15-/m0/s1. The summed E-state index contributed by atoms with van der Waals surface area (Å²) in [7, 11) is 1.36. The second-order valence-corrected chi connectivity index (χ2v) is 6.79. The van der Waals surface area contributed by atoms with Gasteiger partial charge in [0.25, 0.3) is 5.91 Å². The summed E-state index contributed by atoms with van der Waals surface area (Å²) in [6, 6.07) is 10.7. The molecule has 0 bridgehead atoms. The van der Waals surface area contributed by atoms with E-state index in [4.69, 9.17) is 9.47 Å². The average molecular weight is 404 g/mol. The molecule has 3 rings (SSSR count). The highest BCUT2D eigenvalue weighted by Crippen LogP contribution is 2.29. The first-order valence-electron chi connectivity index (χ1n) is 7.90. The fourth-order valence-corrected chi connectivity index (χ4v) is 3.02. The lowest BCUT2D eigenvalue weighted by molar-refractivity contribution is 0.0600. The smallest absolute Gasteiger partial charge is 0.337 e. The van der Waals surface area contributed by atoms with E-state index in [1.807, 2.05) is 19.1 Å². The Morgan fingerprint density at radius 3 is 2.72 bits per heavy atom. The predicted molar refractivity (Wildman–Crippen MR) is 97.1 cm³/mol. The Morgan fingerprint density at radius 2 is 2.00 bits per heavy atom. The molecule has 1 atom stereocenters. The minimum Gasteiger partial charge on any atom is -0.488 e. The summed E-state index contributed by atoms with van der Waals surface area (Å²) < 4.78 is 11.5. The van der Waals surface area contributed by atoms with Crippen molar-refractivity contribution in [3.8, 4) is 5.75 Å². The molecule has 130 valence electrons. The van der Waals surface area contributed by atoms with Crippen LogP contribution in [0.2, 0.25) is 0 Å². The van der Waals surface area contributed by atoms with E-state index in [9.17, 15) is 9.59 Å². The maximum atomic E-state index is 12.3. The highest BCUT2D eigenvalue weighted by atomic mass is 79.9. The van der Waals surface area contributed by atoms with E-state index < -0.39 is 0 Å². The summed E-state index contributed by atoms with van der Waals surface area (Å²) in [5.74, 6) is 0.238. The van der Waals surface area contributed by atoms with Gasteiger partial charge in [0.05, 0.1) is 19.2 Å². The first-order valence-corrected chi connectivity index (χ1v) is 8.69. The van der Waals surface area contributed by atoms with Crippen LogP contribution in [0.15, 0.2) is 40.9 Å². The van der Waals surface area contributed by atoms with Gasteiger partial charge in [0, 0.05) is 16.5 Å². The molecule has 2 aromatic carbocycles. The molecule has 0 radical (unpaired) electrons. The van der Waals surface area contributed by atoms with E-state index in [2.05, 4.69) is 21.2 Å². The van der Waals surface area contributed by atoms with Crippen molar-refractivity contribution < 1.29 is 19.1 Å². The number of carbonyl (C=O) groups excluding carboxylic acids is 2. The fraction of sp³-hybridized carbons (Fsp3) is 0.263. The third kappa shape index (κ3) is 3.85. The van der Waals surface area contributed by atoms with Crippen LogP contribution in [0.3, 0.4) is 0 Å². The van der Waals surface area contributed by atoms with E-state index in [-0.39, 0.29) is 18.0 Å². The van der Waals surface area contributed by atoms with E-state index >= 15 is 0 Å². The zero-order valence-corrected chi connectivity index (χ0v) is 15.6. The minimum absolute atomic E-state index is 0.134. The van der Waals surface area contributed by atoms with Crippen LogP contribution in [-0.2, 0) is 11.2 Å². The van der Waals surface area contributed by atoms with Gasteiger partial charge in [-0.25, -0.2) is 4.79 Å². The summed E-state index contributed by atoms with van der Waals surface area (Å²) in [5.41, 5.74) is 3.07. The molecule has 0 spiro atoms. The molecule has 0 fully saturated rings. The lowest BCUT2D eigenvalue weighted by atomic mass is 10.1. The number of hydrogen-bond donors (Lipinski definition) is 1. The first kappa shape index (κ1) is 17.5. The third-order valence-electron chi connectivity index (χ3n) is 4.13. The van der Waals surface area contributed by atoms with Gasteiger partial charge in [0.2, 0.25) is 0 Å². The third-order valence-corrected chi connectivity index (χ3v) is 5.02. The number of methoxy groups -OCH3 is 1. The number of nitrogens with one attached hydrogen (secondary N) is 1. The van der Waals surface area contributed by atoms with Crippen molar-refractivity contribution in [1.29, 1.82) is 0 Å². The highest BCUT2D eigenvalue weighted by molar-refractivity contribution is 9.10. The van der Waals surface area contributed by atoms with Crippen LogP contribution < -0.4 is 10.1 Å². The largest absolute Gasteiger partial charge is 0.488 e. The van der Waals surface area contributed by atoms with Crippen LogP contribution in [0, 0.1) is 6.92 Å². The van der Waals surface area contributed by atoms with E-state index in [1.165, 1.54) is 7.11 Å². The normalized spacial score (nSPS) is 15.2. The minimum atomic E-state index is -0.370.